The molecule has 2 aromatic heterocycles. The SMILES string of the molecule is NCc1ccc(F)c(C2CCCCN2c2ccc(Cl)c3c2c(C(=O)c2cn(CCOC(F)(F)F)c4c(Cl)ccc(N5CCCCC5c5cc(CN)ccc5F)c24)cn3CCOC(F)(F)F)c1. The first-order valence-electron chi connectivity index (χ1n) is 21.6. The van der Waals surface area contributed by atoms with E-state index in [2.05, 4.69) is 9.47 Å². The molecule has 19 heteroatoms. The summed E-state index contributed by atoms with van der Waals surface area (Å²) in [5.41, 5.74) is 15.3. The Hall–Kier alpha value is -4.91. The van der Waals surface area contributed by atoms with Crippen LogP contribution in [-0.2, 0) is 35.7 Å². The summed E-state index contributed by atoms with van der Waals surface area (Å²) in [4.78, 5) is 19.6. The molecule has 0 amide bonds. The highest BCUT2D eigenvalue weighted by molar-refractivity contribution is 6.38. The Labute approximate surface area is 384 Å². The van der Waals surface area contributed by atoms with Crippen molar-refractivity contribution in [3.05, 3.63) is 128 Å². The van der Waals surface area contributed by atoms with E-state index >= 15 is 13.6 Å². The van der Waals surface area contributed by atoms with E-state index in [0.29, 0.717) is 72.4 Å². The molecule has 9 nitrogen and oxygen atoms in total. The maximum Gasteiger partial charge on any atom is 0.522 e. The van der Waals surface area contributed by atoms with Gasteiger partial charge < -0.3 is 30.4 Å². The fourth-order valence-corrected chi connectivity index (χ4v) is 10.2. The molecule has 0 aliphatic carbocycles. The van der Waals surface area contributed by atoms with Crippen LogP contribution in [0.15, 0.2) is 73.1 Å². The second kappa shape index (κ2) is 19.4. The number of rotatable bonds is 14. The van der Waals surface area contributed by atoms with Crippen LogP contribution in [0.2, 0.25) is 10.0 Å². The summed E-state index contributed by atoms with van der Waals surface area (Å²) in [6.45, 7) is -1.38. The number of halogens is 10. The van der Waals surface area contributed by atoms with E-state index in [1.54, 1.807) is 48.5 Å². The smallest absolute Gasteiger partial charge is 0.364 e. The van der Waals surface area contributed by atoms with Crippen molar-refractivity contribution < 1.29 is 49.4 Å². The number of nitrogens with two attached hydrogens (primary N) is 2. The third-order valence-electron chi connectivity index (χ3n) is 12.5. The number of hydrogen-bond acceptors (Lipinski definition) is 7. The van der Waals surface area contributed by atoms with Gasteiger partial charge in [-0.05, 0) is 98.2 Å². The summed E-state index contributed by atoms with van der Waals surface area (Å²) in [5.74, 6) is -1.60. The van der Waals surface area contributed by atoms with Crippen LogP contribution in [-0.4, -0.2) is 53.9 Å². The number of aromatic nitrogens is 2. The first kappa shape index (κ1) is 47.6. The van der Waals surface area contributed by atoms with Crippen LogP contribution in [0.4, 0.5) is 46.5 Å². The fraction of sp³-hybridized carbons (Fsp3) is 0.383. The van der Waals surface area contributed by atoms with Crippen molar-refractivity contribution in [3.8, 4) is 0 Å². The molecular weight excluding hydrogens is 919 g/mol. The summed E-state index contributed by atoms with van der Waals surface area (Å²) in [6.07, 6.45) is -3.29. The average molecular weight is 966 g/mol. The third-order valence-corrected chi connectivity index (χ3v) is 13.1. The highest BCUT2D eigenvalue weighted by Gasteiger charge is 2.36. The maximum absolute atomic E-state index is 15.8. The second-order valence-electron chi connectivity index (χ2n) is 16.5. The zero-order valence-corrected chi connectivity index (χ0v) is 36.9. The minimum atomic E-state index is -4.96. The summed E-state index contributed by atoms with van der Waals surface area (Å²) in [5, 5.41) is 0.697. The number of nitrogens with zero attached hydrogens (tertiary/aromatic N) is 4. The molecule has 4 N–H and O–H groups in total. The van der Waals surface area contributed by atoms with E-state index in [-0.39, 0.29) is 56.1 Å². The molecule has 0 saturated carbocycles. The molecule has 2 atom stereocenters. The Morgan fingerprint density at radius 3 is 1.41 bits per heavy atom. The van der Waals surface area contributed by atoms with Crippen molar-refractivity contribution in [2.24, 2.45) is 11.5 Å². The number of hydrogen-bond donors (Lipinski definition) is 2. The molecule has 352 valence electrons. The van der Waals surface area contributed by atoms with Gasteiger partial charge in [0.05, 0.1) is 57.5 Å². The highest BCUT2D eigenvalue weighted by Crippen LogP contribution is 2.47. The third kappa shape index (κ3) is 9.74. The van der Waals surface area contributed by atoms with Gasteiger partial charge in [-0.2, -0.15) is 0 Å². The quantitative estimate of drug-likeness (QED) is 0.0828. The Morgan fingerprint density at radius 2 is 1.03 bits per heavy atom. The Kier molecular flexibility index (Phi) is 14.0. The molecule has 4 aromatic carbocycles. The highest BCUT2D eigenvalue weighted by atomic mass is 35.5. The van der Waals surface area contributed by atoms with Gasteiger partial charge in [0.2, 0.25) is 0 Å². The molecule has 2 aliphatic heterocycles. The molecule has 0 bridgehead atoms. The summed E-state index contributed by atoms with van der Waals surface area (Å²) in [6, 6.07) is 14.7. The zero-order chi connectivity index (χ0) is 47.1. The minimum Gasteiger partial charge on any atom is -0.364 e. The maximum atomic E-state index is 15.8. The Balaban J connectivity index is 1.36. The molecule has 2 unspecified atom stereocenters. The fourth-order valence-electron chi connectivity index (χ4n) is 9.65. The van der Waals surface area contributed by atoms with E-state index in [1.807, 2.05) is 9.80 Å². The summed E-state index contributed by atoms with van der Waals surface area (Å²) in [7, 11) is 0. The van der Waals surface area contributed by atoms with Gasteiger partial charge in [0.1, 0.15) is 11.6 Å². The second-order valence-corrected chi connectivity index (χ2v) is 17.3. The molecule has 4 heterocycles. The average Bonchev–Trinajstić information content (AvgIpc) is 3.87. The van der Waals surface area contributed by atoms with E-state index in [9.17, 15) is 26.3 Å². The van der Waals surface area contributed by atoms with Crippen LogP contribution < -0.4 is 21.3 Å². The van der Waals surface area contributed by atoms with Crippen molar-refractivity contribution in [2.45, 2.75) is 89.5 Å². The number of piperidine rings is 2. The molecule has 66 heavy (non-hydrogen) atoms. The van der Waals surface area contributed by atoms with E-state index in [1.165, 1.54) is 33.7 Å². The van der Waals surface area contributed by atoms with Crippen molar-refractivity contribution >= 4 is 62.2 Å². The predicted molar refractivity (Wildman–Crippen MR) is 238 cm³/mol. The van der Waals surface area contributed by atoms with Crippen LogP contribution >= 0.6 is 23.2 Å². The zero-order valence-electron chi connectivity index (χ0n) is 35.4. The van der Waals surface area contributed by atoms with Gasteiger partial charge in [-0.3, -0.25) is 14.3 Å². The number of anilines is 2. The van der Waals surface area contributed by atoms with Gasteiger partial charge in [0.25, 0.3) is 0 Å². The van der Waals surface area contributed by atoms with Gasteiger partial charge in [0.15, 0.2) is 5.78 Å². The Morgan fingerprint density at radius 1 is 0.621 bits per heavy atom. The molecule has 0 spiro atoms. The van der Waals surface area contributed by atoms with E-state index in [4.69, 9.17) is 34.7 Å². The van der Waals surface area contributed by atoms with E-state index in [0.717, 1.165) is 12.8 Å². The molecule has 0 radical (unpaired) electrons. The molecule has 6 aromatic rings. The first-order chi connectivity index (χ1) is 31.5. The van der Waals surface area contributed by atoms with Crippen molar-refractivity contribution in [2.75, 3.05) is 36.1 Å². The van der Waals surface area contributed by atoms with Gasteiger partial charge in [-0.1, -0.05) is 35.3 Å². The number of fused-ring (bicyclic) bond motifs is 2. The lowest BCUT2D eigenvalue weighted by molar-refractivity contribution is -0.326. The summed E-state index contributed by atoms with van der Waals surface area (Å²) < 4.78 is 123. The molecular formula is C47H46Cl2F8N6O3. The topological polar surface area (TPSA) is 104 Å². The van der Waals surface area contributed by atoms with Crippen molar-refractivity contribution in [1.29, 1.82) is 0 Å². The molecule has 2 saturated heterocycles. The number of carbonyl (C=O) groups excluding carboxylic acids is 1. The van der Waals surface area contributed by atoms with Crippen LogP contribution in [0.5, 0.6) is 0 Å². The predicted octanol–water partition coefficient (Wildman–Crippen LogP) is 11.9. The lowest BCUT2D eigenvalue weighted by Crippen LogP contribution is -2.34. The van der Waals surface area contributed by atoms with Crippen LogP contribution in [0, 0.1) is 11.6 Å². The van der Waals surface area contributed by atoms with Gasteiger partial charge >= 0.3 is 12.7 Å². The van der Waals surface area contributed by atoms with Gasteiger partial charge in [-0.15, -0.1) is 26.3 Å². The lowest BCUT2D eigenvalue weighted by atomic mass is 9.91. The number of alkyl halides is 6. The monoisotopic (exact) mass is 964 g/mol. The Bertz CT molecular complexity index is 2570. The molecule has 2 fully saturated rings. The van der Waals surface area contributed by atoms with Crippen LogP contribution in [0.1, 0.15) is 88.8 Å². The number of ketones is 1. The standard InChI is InChI=1S/C47H46Cl2F8N6O3/c48-33-9-13-39(62-15-3-1-5-37(62)29-21-27(23-58)7-11-35(29)50)41-31(25-60(43(33)41)17-19-65-46(52,53)54)45(64)32-26-61(18-20-66-47(55,56)57)44-34(49)10-14-40(42(32)44)63-16-4-2-6-38(63)30-22-28(24-59)8-12-36(30)51/h7-14,21-22,25-26,37-38H,1-6,15-20,23-24,58-59H2. The molecule has 8 rings (SSSR count). The lowest BCUT2D eigenvalue weighted by Gasteiger charge is -2.39. The van der Waals surface area contributed by atoms with Crippen molar-refractivity contribution in [1.82, 2.24) is 9.13 Å². The van der Waals surface area contributed by atoms with Crippen molar-refractivity contribution in [3.63, 3.8) is 0 Å². The van der Waals surface area contributed by atoms with Gasteiger partial charge in [-0.25, -0.2) is 8.78 Å². The number of benzene rings is 4. The van der Waals surface area contributed by atoms with Gasteiger partial charge in [0, 0.05) is 84.9 Å². The largest absolute Gasteiger partial charge is 0.522 e. The van der Waals surface area contributed by atoms with E-state index < -0.39 is 68.5 Å². The van der Waals surface area contributed by atoms with Crippen LogP contribution in [0.3, 0.4) is 0 Å². The summed E-state index contributed by atoms with van der Waals surface area (Å²) >= 11 is 13.8. The number of ether oxygens (including phenoxy) is 2. The molecule has 2 aliphatic rings. The normalized spacial score (nSPS) is 17.4. The number of carbonyl (C=O) groups is 1. The first-order valence-corrected chi connectivity index (χ1v) is 22.3. The minimum absolute atomic E-state index is 0.0107. The van der Waals surface area contributed by atoms with Crippen LogP contribution in [0.25, 0.3) is 21.8 Å².